The number of amides is 1. The topological polar surface area (TPSA) is 84.5 Å². The number of hydrogen-bond donors (Lipinski definition) is 2. The zero-order chi connectivity index (χ0) is 21.1. The maximum atomic E-state index is 12.5. The molecule has 1 amide bonds. The van der Waals surface area contributed by atoms with Gasteiger partial charge >= 0.3 is 0 Å². The van der Waals surface area contributed by atoms with Crippen LogP contribution in [0.4, 0.5) is 0 Å². The summed E-state index contributed by atoms with van der Waals surface area (Å²) < 4.78 is 33.0. The van der Waals surface area contributed by atoms with E-state index in [1.54, 1.807) is 12.1 Å². The van der Waals surface area contributed by atoms with Gasteiger partial charge in [-0.25, -0.2) is 13.1 Å². The van der Waals surface area contributed by atoms with E-state index in [9.17, 15) is 13.2 Å². The molecular formula is C21H27ClN2O4S. The first-order valence-corrected chi connectivity index (χ1v) is 11.6. The van der Waals surface area contributed by atoms with Crippen molar-refractivity contribution in [1.82, 2.24) is 10.0 Å². The largest absolute Gasteiger partial charge is 0.492 e. The molecule has 0 spiro atoms. The van der Waals surface area contributed by atoms with Gasteiger partial charge in [0.25, 0.3) is 5.91 Å². The third kappa shape index (κ3) is 7.68. The minimum absolute atomic E-state index is 0.0160. The lowest BCUT2D eigenvalue weighted by Gasteiger charge is -2.11. The van der Waals surface area contributed by atoms with Crippen molar-refractivity contribution in [3.8, 4) is 5.75 Å². The van der Waals surface area contributed by atoms with Gasteiger partial charge in [0, 0.05) is 13.1 Å². The highest BCUT2D eigenvalue weighted by Gasteiger charge is 2.18. The summed E-state index contributed by atoms with van der Waals surface area (Å²) in [5.74, 6) is 0.284. The van der Waals surface area contributed by atoms with Gasteiger partial charge in [0.15, 0.2) is 0 Å². The van der Waals surface area contributed by atoms with E-state index in [0.29, 0.717) is 12.3 Å². The first-order valence-electron chi connectivity index (χ1n) is 9.69. The minimum Gasteiger partial charge on any atom is -0.492 e. The maximum absolute atomic E-state index is 12.5. The van der Waals surface area contributed by atoms with Gasteiger partial charge in [0.1, 0.15) is 12.4 Å². The fraction of sp³-hybridized carbons (Fsp3) is 0.381. The highest BCUT2D eigenvalue weighted by Crippen LogP contribution is 2.20. The van der Waals surface area contributed by atoms with Crippen molar-refractivity contribution in [2.75, 3.05) is 19.7 Å². The van der Waals surface area contributed by atoms with Crippen molar-refractivity contribution in [3.05, 3.63) is 59.1 Å². The Hall–Kier alpha value is -2.09. The molecule has 0 fully saturated rings. The molecule has 0 saturated heterocycles. The van der Waals surface area contributed by atoms with Crippen LogP contribution in [0.2, 0.25) is 5.02 Å². The van der Waals surface area contributed by atoms with Crippen molar-refractivity contribution in [1.29, 1.82) is 0 Å². The van der Waals surface area contributed by atoms with E-state index in [1.165, 1.54) is 18.2 Å². The summed E-state index contributed by atoms with van der Waals surface area (Å²) in [5.41, 5.74) is 0.144. The number of carbonyl (C=O) groups is 1. The third-order valence-electron chi connectivity index (χ3n) is 4.21. The van der Waals surface area contributed by atoms with Crippen molar-refractivity contribution in [2.45, 2.75) is 37.5 Å². The highest BCUT2D eigenvalue weighted by molar-refractivity contribution is 7.89. The van der Waals surface area contributed by atoms with Crippen LogP contribution in [0.15, 0.2) is 53.4 Å². The Morgan fingerprint density at radius 2 is 1.79 bits per heavy atom. The number of para-hydroxylation sites is 1. The van der Waals surface area contributed by atoms with Crippen LogP contribution in [0.5, 0.6) is 5.75 Å². The summed E-state index contributed by atoms with van der Waals surface area (Å²) in [7, 11) is -3.79. The first kappa shape index (κ1) is 23.2. The molecule has 0 heterocycles. The molecule has 0 unspecified atom stereocenters. The molecule has 158 valence electrons. The molecule has 2 aromatic rings. The highest BCUT2D eigenvalue weighted by atomic mass is 35.5. The van der Waals surface area contributed by atoms with Crippen LogP contribution < -0.4 is 14.8 Å². The van der Waals surface area contributed by atoms with Crippen LogP contribution in [0.25, 0.3) is 0 Å². The lowest BCUT2D eigenvalue weighted by molar-refractivity contribution is 0.0953. The van der Waals surface area contributed by atoms with Gasteiger partial charge in [0.05, 0.1) is 15.5 Å². The van der Waals surface area contributed by atoms with E-state index < -0.39 is 10.0 Å². The minimum atomic E-state index is -3.79. The Kier molecular flexibility index (Phi) is 9.44. The second kappa shape index (κ2) is 11.8. The Labute approximate surface area is 177 Å². The number of carbonyl (C=O) groups excluding carboxylic acids is 1. The van der Waals surface area contributed by atoms with Crippen molar-refractivity contribution in [2.24, 2.45) is 0 Å². The normalized spacial score (nSPS) is 11.2. The third-order valence-corrected chi connectivity index (χ3v) is 6.00. The SMILES string of the molecule is CCCCCCNC(=O)c1cc(S(=O)(=O)NCCOc2ccccc2)ccc1Cl. The van der Waals surface area contributed by atoms with Gasteiger partial charge in [-0.15, -0.1) is 0 Å². The molecule has 0 aliphatic rings. The van der Waals surface area contributed by atoms with E-state index in [0.717, 1.165) is 25.7 Å². The second-order valence-corrected chi connectivity index (χ2v) is 8.69. The van der Waals surface area contributed by atoms with E-state index in [1.807, 2.05) is 18.2 Å². The van der Waals surface area contributed by atoms with E-state index in [4.69, 9.17) is 16.3 Å². The van der Waals surface area contributed by atoms with Crippen molar-refractivity contribution >= 4 is 27.5 Å². The molecule has 2 N–H and O–H groups in total. The molecule has 0 radical (unpaired) electrons. The molecular weight excluding hydrogens is 412 g/mol. The van der Waals surface area contributed by atoms with Gasteiger partial charge in [-0.3, -0.25) is 4.79 Å². The van der Waals surface area contributed by atoms with Gasteiger partial charge in [-0.2, -0.15) is 0 Å². The molecule has 0 aliphatic carbocycles. The average molecular weight is 439 g/mol. The van der Waals surface area contributed by atoms with Crippen LogP contribution in [0.3, 0.4) is 0 Å². The maximum Gasteiger partial charge on any atom is 0.252 e. The quantitative estimate of drug-likeness (QED) is 0.490. The smallest absolute Gasteiger partial charge is 0.252 e. The molecule has 6 nitrogen and oxygen atoms in total. The molecule has 2 rings (SSSR count). The predicted octanol–water partition coefficient (Wildman–Crippen LogP) is 4.01. The standard InChI is InChI=1S/C21H27ClN2O4S/c1-2-3-4-8-13-23-21(25)19-16-18(11-12-20(19)22)29(26,27)24-14-15-28-17-9-6-5-7-10-17/h5-7,9-12,16,24H,2-4,8,13-15H2,1H3,(H,23,25). The zero-order valence-electron chi connectivity index (χ0n) is 16.5. The molecule has 0 atom stereocenters. The van der Waals surface area contributed by atoms with Gasteiger partial charge < -0.3 is 10.1 Å². The van der Waals surface area contributed by atoms with Crippen LogP contribution >= 0.6 is 11.6 Å². The summed E-state index contributed by atoms with van der Waals surface area (Å²) >= 11 is 6.10. The van der Waals surface area contributed by atoms with Crippen LogP contribution in [0.1, 0.15) is 43.0 Å². The number of rotatable bonds is 12. The molecule has 8 heteroatoms. The molecule has 0 bridgehead atoms. The Bertz CT molecular complexity index is 889. The number of ether oxygens (including phenoxy) is 1. The van der Waals surface area contributed by atoms with Crippen LogP contribution in [0, 0.1) is 0 Å². The number of hydrogen-bond acceptors (Lipinski definition) is 4. The molecule has 2 aromatic carbocycles. The van der Waals surface area contributed by atoms with E-state index in [2.05, 4.69) is 17.0 Å². The number of sulfonamides is 1. The average Bonchev–Trinajstić information content (AvgIpc) is 2.72. The summed E-state index contributed by atoms with van der Waals surface area (Å²) in [5, 5.41) is 3.00. The second-order valence-electron chi connectivity index (χ2n) is 6.52. The fourth-order valence-corrected chi connectivity index (χ4v) is 3.88. The number of benzene rings is 2. The van der Waals surface area contributed by atoms with Crippen LogP contribution in [-0.4, -0.2) is 34.0 Å². The van der Waals surface area contributed by atoms with Crippen LogP contribution in [-0.2, 0) is 10.0 Å². The van der Waals surface area contributed by atoms with Crippen molar-refractivity contribution < 1.29 is 17.9 Å². The lowest BCUT2D eigenvalue weighted by atomic mass is 10.2. The molecule has 29 heavy (non-hydrogen) atoms. The Balaban J connectivity index is 1.92. The fourth-order valence-electron chi connectivity index (χ4n) is 2.64. The van der Waals surface area contributed by atoms with Gasteiger partial charge in [0.2, 0.25) is 10.0 Å². The number of nitrogens with one attached hydrogen (secondary N) is 2. The monoisotopic (exact) mass is 438 g/mol. The number of unbranched alkanes of at least 4 members (excludes halogenated alkanes) is 3. The summed E-state index contributed by atoms with van der Waals surface area (Å²) in [6.45, 7) is 2.92. The van der Waals surface area contributed by atoms with E-state index >= 15 is 0 Å². The summed E-state index contributed by atoms with van der Waals surface area (Å²) in [6.07, 6.45) is 4.14. The van der Waals surface area contributed by atoms with Gasteiger partial charge in [-0.05, 0) is 36.8 Å². The molecule has 0 saturated carbocycles. The van der Waals surface area contributed by atoms with Crippen molar-refractivity contribution in [3.63, 3.8) is 0 Å². The molecule has 0 aliphatic heterocycles. The summed E-state index contributed by atoms with van der Waals surface area (Å²) in [6, 6.07) is 13.2. The summed E-state index contributed by atoms with van der Waals surface area (Å²) in [4.78, 5) is 12.3. The predicted molar refractivity (Wildman–Crippen MR) is 115 cm³/mol. The zero-order valence-corrected chi connectivity index (χ0v) is 18.1. The van der Waals surface area contributed by atoms with E-state index in [-0.39, 0.29) is 34.5 Å². The number of halogens is 1. The Morgan fingerprint density at radius 3 is 2.52 bits per heavy atom. The first-order chi connectivity index (χ1) is 13.9. The molecule has 0 aromatic heterocycles. The lowest BCUT2D eigenvalue weighted by Crippen LogP contribution is -2.29. The van der Waals surface area contributed by atoms with Gasteiger partial charge in [-0.1, -0.05) is 56.0 Å². The Morgan fingerprint density at radius 1 is 1.03 bits per heavy atom.